The molecule has 2 aromatic carbocycles. The van der Waals surface area contributed by atoms with Gasteiger partial charge < -0.3 is 5.32 Å². The smallest absolute Gasteiger partial charge is 0.223 e. The minimum Gasteiger partial charge on any atom is -0.355 e. The number of hydrogen-bond donors (Lipinski definition) is 1. The highest BCUT2D eigenvalue weighted by molar-refractivity contribution is 7.85. The lowest BCUT2D eigenvalue weighted by Crippen LogP contribution is -2.29. The lowest BCUT2D eigenvalue weighted by Gasteiger charge is -2.06. The lowest BCUT2D eigenvalue weighted by atomic mass is 10.1. The first-order valence-corrected chi connectivity index (χ1v) is 9.32. The second-order valence-corrected chi connectivity index (χ2v) is 7.60. The molecule has 2 aromatic rings. The average Bonchev–Trinajstić information content (AvgIpc) is 3.36. The fourth-order valence-electron chi connectivity index (χ4n) is 2.69. The Morgan fingerprint density at radius 2 is 1.83 bits per heavy atom. The molecule has 0 heterocycles. The van der Waals surface area contributed by atoms with Crippen molar-refractivity contribution in [1.82, 2.24) is 5.32 Å². The molecule has 3 rings (SSSR count). The van der Waals surface area contributed by atoms with Crippen molar-refractivity contribution in [3.05, 3.63) is 65.2 Å². The molecule has 0 aromatic heterocycles. The summed E-state index contributed by atoms with van der Waals surface area (Å²) in [5.41, 5.74) is 1.04. The highest BCUT2D eigenvalue weighted by Gasteiger charge is 2.44. The Kier molecular flexibility index (Phi) is 5.13. The van der Waals surface area contributed by atoms with E-state index in [1.165, 1.54) is 0 Å². The third-order valence-electron chi connectivity index (χ3n) is 4.02. The van der Waals surface area contributed by atoms with E-state index >= 15 is 0 Å². The first-order chi connectivity index (χ1) is 11.2. The molecule has 0 radical (unpaired) electrons. The fraction of sp³-hybridized carbons (Fsp3) is 0.278. The molecule has 1 amide bonds. The molecule has 0 saturated heterocycles. The van der Waals surface area contributed by atoms with E-state index in [-0.39, 0.29) is 17.7 Å². The van der Waals surface area contributed by atoms with Crippen molar-refractivity contribution in [3.63, 3.8) is 0 Å². The Morgan fingerprint density at radius 1 is 1.13 bits per heavy atom. The number of halogens is 1. The summed E-state index contributed by atoms with van der Waals surface area (Å²) < 4.78 is 12.1. The number of carbonyl (C=O) groups excluding carboxylic acids is 1. The normalized spacial score (nSPS) is 20.7. The molecule has 0 bridgehead atoms. The van der Waals surface area contributed by atoms with Gasteiger partial charge in [-0.1, -0.05) is 48.0 Å². The minimum absolute atomic E-state index is 0.0138. The maximum atomic E-state index is 12.2. The highest BCUT2D eigenvalue weighted by atomic mass is 35.5. The van der Waals surface area contributed by atoms with Gasteiger partial charge in [-0.15, -0.1) is 0 Å². The van der Waals surface area contributed by atoms with Crippen molar-refractivity contribution in [2.75, 3.05) is 12.3 Å². The Labute approximate surface area is 143 Å². The van der Waals surface area contributed by atoms with E-state index in [9.17, 15) is 9.00 Å². The van der Waals surface area contributed by atoms with Crippen molar-refractivity contribution in [2.24, 2.45) is 5.92 Å². The Bertz CT molecular complexity index is 720. The summed E-state index contributed by atoms with van der Waals surface area (Å²) >= 11 is 6.17. The van der Waals surface area contributed by atoms with Crippen LogP contribution in [0, 0.1) is 5.92 Å². The molecule has 23 heavy (non-hydrogen) atoms. The van der Waals surface area contributed by atoms with Gasteiger partial charge in [-0.3, -0.25) is 9.00 Å². The zero-order valence-corrected chi connectivity index (χ0v) is 14.1. The Morgan fingerprint density at radius 3 is 2.57 bits per heavy atom. The fourth-order valence-corrected chi connectivity index (χ4v) is 3.95. The molecule has 5 heteroatoms. The lowest BCUT2D eigenvalue weighted by molar-refractivity contribution is -0.122. The van der Waals surface area contributed by atoms with Gasteiger partial charge >= 0.3 is 0 Å². The molecule has 1 aliphatic carbocycles. The Hall–Kier alpha value is -1.65. The van der Waals surface area contributed by atoms with Crippen LogP contribution in [0.15, 0.2) is 59.5 Å². The first-order valence-electron chi connectivity index (χ1n) is 7.62. The van der Waals surface area contributed by atoms with Crippen molar-refractivity contribution in [1.29, 1.82) is 0 Å². The standard InChI is InChI=1S/C18H18ClNO2S/c19-17-9-5-4-8-14(17)15-12-16(15)18(21)20-10-11-23(22)13-6-2-1-3-7-13/h1-9,15-16H,10-12H2,(H,20,21)/t15-,16+,23-/m1/s1. The van der Waals surface area contributed by atoms with E-state index < -0.39 is 10.8 Å². The molecule has 0 unspecified atom stereocenters. The van der Waals surface area contributed by atoms with Gasteiger partial charge in [-0.25, -0.2) is 0 Å². The third-order valence-corrected chi connectivity index (χ3v) is 5.74. The number of benzene rings is 2. The molecule has 1 aliphatic rings. The van der Waals surface area contributed by atoms with Gasteiger partial charge in [-0.05, 0) is 36.1 Å². The van der Waals surface area contributed by atoms with Crippen molar-refractivity contribution in [2.45, 2.75) is 17.2 Å². The SMILES string of the molecule is O=C(NCC[S@@](=O)c1ccccc1)[C@H]1C[C@@H]1c1ccccc1Cl. The second kappa shape index (κ2) is 7.28. The topological polar surface area (TPSA) is 46.2 Å². The van der Waals surface area contributed by atoms with Crippen molar-refractivity contribution >= 4 is 28.3 Å². The van der Waals surface area contributed by atoms with Gasteiger partial charge in [0.15, 0.2) is 0 Å². The largest absolute Gasteiger partial charge is 0.355 e. The van der Waals surface area contributed by atoms with Crippen molar-refractivity contribution < 1.29 is 9.00 Å². The van der Waals surface area contributed by atoms with E-state index in [1.807, 2.05) is 54.6 Å². The summed E-state index contributed by atoms with van der Waals surface area (Å²) in [5, 5.41) is 3.61. The number of amides is 1. The van der Waals surface area contributed by atoms with Crippen LogP contribution in [0.4, 0.5) is 0 Å². The van der Waals surface area contributed by atoms with Crippen LogP contribution in [-0.4, -0.2) is 22.4 Å². The summed E-state index contributed by atoms with van der Waals surface area (Å²) in [7, 11) is -1.08. The zero-order valence-electron chi connectivity index (χ0n) is 12.6. The van der Waals surface area contributed by atoms with E-state index in [0.29, 0.717) is 12.3 Å². The molecule has 120 valence electrons. The Balaban J connectivity index is 1.46. The first kappa shape index (κ1) is 16.2. The van der Waals surface area contributed by atoms with Gasteiger partial charge in [0.1, 0.15) is 0 Å². The molecular formula is C18H18ClNO2S. The minimum atomic E-state index is -1.08. The molecule has 0 spiro atoms. The molecule has 1 N–H and O–H groups in total. The maximum absolute atomic E-state index is 12.2. The number of carbonyl (C=O) groups is 1. The van der Waals surface area contributed by atoms with Gasteiger partial charge in [0.25, 0.3) is 0 Å². The van der Waals surface area contributed by atoms with Crippen LogP contribution in [0.2, 0.25) is 5.02 Å². The van der Waals surface area contributed by atoms with Gasteiger partial charge in [-0.2, -0.15) is 0 Å². The number of nitrogens with one attached hydrogen (secondary N) is 1. The van der Waals surface area contributed by atoms with Gasteiger partial charge in [0.2, 0.25) is 5.91 Å². The molecule has 1 fully saturated rings. The summed E-state index contributed by atoms with van der Waals surface area (Å²) in [6.07, 6.45) is 0.831. The van der Waals surface area contributed by atoms with Crippen LogP contribution in [0.25, 0.3) is 0 Å². The second-order valence-electron chi connectivity index (χ2n) is 5.62. The summed E-state index contributed by atoms with van der Waals surface area (Å²) in [6, 6.07) is 17.0. The van der Waals surface area contributed by atoms with Crippen LogP contribution in [0.3, 0.4) is 0 Å². The van der Waals surface area contributed by atoms with Crippen LogP contribution in [0.1, 0.15) is 17.9 Å². The third kappa shape index (κ3) is 4.01. The van der Waals surface area contributed by atoms with Crippen LogP contribution in [0.5, 0.6) is 0 Å². The number of hydrogen-bond acceptors (Lipinski definition) is 2. The van der Waals surface area contributed by atoms with Gasteiger partial charge in [0.05, 0.1) is 10.8 Å². The predicted molar refractivity (Wildman–Crippen MR) is 93.0 cm³/mol. The molecule has 0 aliphatic heterocycles. The summed E-state index contributed by atoms with van der Waals surface area (Å²) in [6.45, 7) is 0.423. The summed E-state index contributed by atoms with van der Waals surface area (Å²) in [4.78, 5) is 13.0. The maximum Gasteiger partial charge on any atom is 0.223 e. The molecule has 3 atom stereocenters. The monoisotopic (exact) mass is 347 g/mol. The van der Waals surface area contributed by atoms with Gasteiger partial charge in [0, 0.05) is 28.1 Å². The molecular weight excluding hydrogens is 330 g/mol. The zero-order chi connectivity index (χ0) is 16.2. The molecule has 3 nitrogen and oxygen atoms in total. The van der Waals surface area contributed by atoms with Crippen LogP contribution in [-0.2, 0) is 15.6 Å². The van der Waals surface area contributed by atoms with E-state index in [2.05, 4.69) is 5.32 Å². The van der Waals surface area contributed by atoms with E-state index in [1.54, 1.807) is 0 Å². The average molecular weight is 348 g/mol. The van der Waals surface area contributed by atoms with Crippen LogP contribution < -0.4 is 5.32 Å². The summed E-state index contributed by atoms with van der Waals surface area (Å²) in [5.74, 6) is 0.655. The van der Waals surface area contributed by atoms with E-state index in [0.717, 1.165) is 21.9 Å². The number of rotatable bonds is 6. The predicted octanol–water partition coefficient (Wildman–Crippen LogP) is 3.37. The highest BCUT2D eigenvalue weighted by Crippen LogP contribution is 2.49. The molecule has 1 saturated carbocycles. The quantitative estimate of drug-likeness (QED) is 0.870. The van der Waals surface area contributed by atoms with Crippen LogP contribution >= 0.6 is 11.6 Å². The van der Waals surface area contributed by atoms with E-state index in [4.69, 9.17) is 11.6 Å². The van der Waals surface area contributed by atoms with Crippen molar-refractivity contribution in [3.8, 4) is 0 Å².